The summed E-state index contributed by atoms with van der Waals surface area (Å²) in [6, 6.07) is -0.393. The number of sulfone groups is 1. The Bertz CT molecular complexity index is 298. The van der Waals surface area contributed by atoms with Crippen LogP contribution in [0.2, 0.25) is 0 Å². The van der Waals surface area contributed by atoms with E-state index in [1.165, 1.54) is 7.11 Å². The molecule has 0 radical (unpaired) electrons. The molecule has 13 heavy (non-hydrogen) atoms. The zero-order valence-corrected chi connectivity index (χ0v) is 8.21. The average Bonchev–Trinajstić information content (AvgIpc) is 2.08. The van der Waals surface area contributed by atoms with Gasteiger partial charge in [-0.15, -0.1) is 0 Å². The SMILES string of the molecule is COC(=O)[C@H]1CS(=O)(=O)CC[C@@H]1N. The maximum atomic E-state index is 11.2. The molecule has 1 heterocycles. The highest BCUT2D eigenvalue weighted by Gasteiger charge is 2.36. The van der Waals surface area contributed by atoms with Crippen molar-refractivity contribution in [3.05, 3.63) is 0 Å². The maximum Gasteiger partial charge on any atom is 0.311 e. The number of carbonyl (C=O) groups excluding carboxylic acids is 1. The highest BCUT2D eigenvalue weighted by Crippen LogP contribution is 2.18. The van der Waals surface area contributed by atoms with Crippen molar-refractivity contribution >= 4 is 15.8 Å². The van der Waals surface area contributed by atoms with E-state index in [0.717, 1.165) is 0 Å². The number of carbonyl (C=O) groups is 1. The summed E-state index contributed by atoms with van der Waals surface area (Å²) in [4.78, 5) is 11.1. The molecule has 0 bridgehead atoms. The van der Waals surface area contributed by atoms with E-state index in [2.05, 4.69) is 4.74 Å². The number of esters is 1. The van der Waals surface area contributed by atoms with Gasteiger partial charge in [-0.1, -0.05) is 0 Å². The third kappa shape index (κ3) is 2.41. The first-order chi connectivity index (χ1) is 5.96. The van der Waals surface area contributed by atoms with Crippen molar-refractivity contribution in [2.75, 3.05) is 18.6 Å². The van der Waals surface area contributed by atoms with Gasteiger partial charge in [-0.25, -0.2) is 8.42 Å². The largest absolute Gasteiger partial charge is 0.469 e. The first-order valence-corrected chi connectivity index (χ1v) is 5.82. The maximum absolute atomic E-state index is 11.2. The minimum absolute atomic E-state index is 0.0711. The molecule has 6 heteroatoms. The summed E-state index contributed by atoms with van der Waals surface area (Å²) in [5, 5.41) is 0. The molecule has 0 aromatic carbocycles. The van der Waals surface area contributed by atoms with Crippen LogP contribution < -0.4 is 5.73 Å². The summed E-state index contributed by atoms with van der Waals surface area (Å²) in [5.41, 5.74) is 5.61. The van der Waals surface area contributed by atoms with Crippen molar-refractivity contribution in [1.82, 2.24) is 0 Å². The van der Waals surface area contributed by atoms with Crippen LogP contribution in [-0.2, 0) is 19.4 Å². The van der Waals surface area contributed by atoms with Crippen LogP contribution in [0.5, 0.6) is 0 Å². The van der Waals surface area contributed by atoms with Gasteiger partial charge in [0.15, 0.2) is 9.84 Å². The van der Waals surface area contributed by atoms with Crippen molar-refractivity contribution in [1.29, 1.82) is 0 Å². The Hall–Kier alpha value is -0.620. The first-order valence-electron chi connectivity index (χ1n) is 4.00. The number of ether oxygens (including phenoxy) is 1. The van der Waals surface area contributed by atoms with E-state index < -0.39 is 27.8 Å². The van der Waals surface area contributed by atoms with E-state index in [9.17, 15) is 13.2 Å². The van der Waals surface area contributed by atoms with E-state index in [1.807, 2.05) is 0 Å². The summed E-state index contributed by atoms with van der Waals surface area (Å²) in [7, 11) is -1.87. The molecule has 1 rings (SSSR count). The molecule has 0 aromatic rings. The highest BCUT2D eigenvalue weighted by atomic mass is 32.2. The van der Waals surface area contributed by atoms with Gasteiger partial charge in [0.05, 0.1) is 24.5 Å². The van der Waals surface area contributed by atoms with Crippen LogP contribution in [0.25, 0.3) is 0 Å². The minimum Gasteiger partial charge on any atom is -0.469 e. The molecule has 1 fully saturated rings. The van der Waals surface area contributed by atoms with Crippen LogP contribution in [0.3, 0.4) is 0 Å². The van der Waals surface area contributed by atoms with Gasteiger partial charge < -0.3 is 10.5 Å². The number of rotatable bonds is 1. The predicted octanol–water partition coefficient (Wildman–Crippen LogP) is -1.08. The van der Waals surface area contributed by atoms with Crippen molar-refractivity contribution in [3.63, 3.8) is 0 Å². The van der Waals surface area contributed by atoms with Gasteiger partial charge in [-0.2, -0.15) is 0 Å². The van der Waals surface area contributed by atoms with E-state index in [1.54, 1.807) is 0 Å². The molecule has 0 saturated carbocycles. The average molecular weight is 207 g/mol. The van der Waals surface area contributed by atoms with Gasteiger partial charge in [0.1, 0.15) is 0 Å². The smallest absolute Gasteiger partial charge is 0.311 e. The molecule has 1 aliphatic heterocycles. The van der Waals surface area contributed by atoms with Crippen LogP contribution in [0.1, 0.15) is 6.42 Å². The van der Waals surface area contributed by atoms with Crippen molar-refractivity contribution in [2.24, 2.45) is 11.7 Å². The standard InChI is InChI=1S/C7H13NO4S/c1-12-7(9)5-4-13(10,11)3-2-6(5)8/h5-6H,2-4,8H2,1H3/t5-,6-/m0/s1. The Balaban J connectivity index is 2.77. The highest BCUT2D eigenvalue weighted by molar-refractivity contribution is 7.91. The second-order valence-corrected chi connectivity index (χ2v) is 5.43. The molecule has 76 valence electrons. The summed E-state index contributed by atoms with van der Waals surface area (Å²) in [5.74, 6) is -1.33. The minimum atomic E-state index is -3.10. The lowest BCUT2D eigenvalue weighted by Crippen LogP contribution is -2.46. The lowest BCUT2D eigenvalue weighted by Gasteiger charge is -2.25. The third-order valence-electron chi connectivity index (χ3n) is 2.22. The Morgan fingerprint density at radius 1 is 1.54 bits per heavy atom. The van der Waals surface area contributed by atoms with Crippen LogP contribution in [0.15, 0.2) is 0 Å². The van der Waals surface area contributed by atoms with Crippen LogP contribution >= 0.6 is 0 Å². The van der Waals surface area contributed by atoms with Gasteiger partial charge >= 0.3 is 5.97 Å². The molecule has 0 spiro atoms. The van der Waals surface area contributed by atoms with Crippen LogP contribution in [0, 0.1) is 5.92 Å². The summed E-state index contributed by atoms with van der Waals surface area (Å²) in [6.07, 6.45) is 0.335. The third-order valence-corrected chi connectivity index (χ3v) is 3.94. The molecule has 0 unspecified atom stereocenters. The van der Waals surface area contributed by atoms with Crippen LogP contribution in [0.4, 0.5) is 0 Å². The number of hydrogen-bond acceptors (Lipinski definition) is 5. The second-order valence-electron chi connectivity index (χ2n) is 3.20. The normalized spacial score (nSPS) is 32.5. The topological polar surface area (TPSA) is 86.5 Å². The fraction of sp³-hybridized carbons (Fsp3) is 0.857. The molecule has 0 amide bonds. The molecule has 5 nitrogen and oxygen atoms in total. The monoisotopic (exact) mass is 207 g/mol. The number of hydrogen-bond donors (Lipinski definition) is 1. The van der Waals surface area contributed by atoms with Gasteiger partial charge in [0.2, 0.25) is 0 Å². The van der Waals surface area contributed by atoms with Crippen molar-refractivity contribution in [2.45, 2.75) is 12.5 Å². The van der Waals surface area contributed by atoms with Crippen LogP contribution in [-0.4, -0.2) is 39.0 Å². The second kappa shape index (κ2) is 3.63. The molecular formula is C7H13NO4S. The summed E-state index contributed by atoms with van der Waals surface area (Å²) < 4.78 is 26.8. The molecule has 2 N–H and O–H groups in total. The zero-order chi connectivity index (χ0) is 10.1. The van der Waals surface area contributed by atoms with E-state index >= 15 is 0 Å². The quantitative estimate of drug-likeness (QED) is 0.553. The predicted molar refractivity (Wildman–Crippen MR) is 46.8 cm³/mol. The van der Waals surface area contributed by atoms with E-state index in [4.69, 9.17) is 5.73 Å². The molecule has 2 atom stereocenters. The molecular weight excluding hydrogens is 194 g/mol. The lowest BCUT2D eigenvalue weighted by molar-refractivity contribution is -0.145. The number of nitrogens with two attached hydrogens (primary N) is 1. The Morgan fingerprint density at radius 2 is 2.15 bits per heavy atom. The van der Waals surface area contributed by atoms with E-state index in [-0.39, 0.29) is 11.5 Å². The first kappa shape index (κ1) is 10.5. The van der Waals surface area contributed by atoms with Crippen molar-refractivity contribution in [3.8, 4) is 0 Å². The Morgan fingerprint density at radius 3 is 2.69 bits per heavy atom. The summed E-state index contributed by atoms with van der Waals surface area (Å²) in [6.45, 7) is 0. The van der Waals surface area contributed by atoms with Gasteiger partial charge in [0.25, 0.3) is 0 Å². The lowest BCUT2D eigenvalue weighted by atomic mass is 10.0. The molecule has 0 aromatic heterocycles. The summed E-state index contributed by atoms with van der Waals surface area (Å²) >= 11 is 0. The number of methoxy groups -OCH3 is 1. The van der Waals surface area contributed by atoms with E-state index in [0.29, 0.717) is 6.42 Å². The Labute approximate surface area is 77.2 Å². The Kier molecular flexibility index (Phi) is 2.92. The molecule has 1 saturated heterocycles. The van der Waals surface area contributed by atoms with Gasteiger partial charge in [-0.05, 0) is 6.42 Å². The molecule has 0 aliphatic carbocycles. The zero-order valence-electron chi connectivity index (χ0n) is 7.39. The van der Waals surface area contributed by atoms with Gasteiger partial charge in [-0.3, -0.25) is 4.79 Å². The van der Waals surface area contributed by atoms with Gasteiger partial charge in [0, 0.05) is 6.04 Å². The fourth-order valence-electron chi connectivity index (χ4n) is 1.39. The molecule has 1 aliphatic rings. The fourth-order valence-corrected chi connectivity index (χ4v) is 3.12. The van der Waals surface area contributed by atoms with Crippen molar-refractivity contribution < 1.29 is 17.9 Å².